The lowest BCUT2D eigenvalue weighted by Crippen LogP contribution is -2.43. The third-order valence-corrected chi connectivity index (χ3v) is 4.47. The van der Waals surface area contributed by atoms with Crippen molar-refractivity contribution in [1.29, 1.82) is 0 Å². The number of fused-ring (bicyclic) bond motifs is 1. The monoisotopic (exact) mass is 285 g/mol. The Hall–Kier alpha value is -1.84. The summed E-state index contributed by atoms with van der Waals surface area (Å²) in [5.74, 6) is 1.22. The van der Waals surface area contributed by atoms with E-state index in [1.54, 1.807) is 0 Å². The lowest BCUT2D eigenvalue weighted by atomic mass is 10.0. The molecule has 1 aliphatic heterocycles. The summed E-state index contributed by atoms with van der Waals surface area (Å²) in [6.45, 7) is 5.55. The van der Waals surface area contributed by atoms with Crippen molar-refractivity contribution in [2.24, 2.45) is 0 Å². The van der Waals surface area contributed by atoms with Gasteiger partial charge in [0.05, 0.1) is 11.0 Å². The van der Waals surface area contributed by atoms with Crippen molar-refractivity contribution in [2.75, 3.05) is 6.54 Å². The Bertz CT molecular complexity index is 647. The van der Waals surface area contributed by atoms with Gasteiger partial charge in [0.2, 0.25) is 5.91 Å². The summed E-state index contributed by atoms with van der Waals surface area (Å²) in [5.41, 5.74) is 2.04. The number of aryl methyl sites for hydroxylation is 1. The maximum atomic E-state index is 12.7. The first-order valence-corrected chi connectivity index (χ1v) is 7.94. The van der Waals surface area contributed by atoms with Gasteiger partial charge in [-0.3, -0.25) is 4.79 Å². The fourth-order valence-electron chi connectivity index (χ4n) is 3.27. The van der Waals surface area contributed by atoms with Gasteiger partial charge in [-0.2, -0.15) is 0 Å². The van der Waals surface area contributed by atoms with Crippen LogP contribution in [0.1, 0.15) is 38.9 Å². The lowest BCUT2D eigenvalue weighted by molar-refractivity contribution is -0.135. The number of rotatable bonds is 3. The van der Waals surface area contributed by atoms with Crippen LogP contribution in [0.15, 0.2) is 24.3 Å². The molecule has 1 aromatic heterocycles. The minimum atomic E-state index is 0.222. The van der Waals surface area contributed by atoms with Gasteiger partial charge in [-0.1, -0.05) is 19.1 Å². The molecule has 1 atom stereocenters. The van der Waals surface area contributed by atoms with Crippen LogP contribution in [0, 0.1) is 0 Å². The van der Waals surface area contributed by atoms with Gasteiger partial charge in [0.1, 0.15) is 12.4 Å². The summed E-state index contributed by atoms with van der Waals surface area (Å²) in [7, 11) is 0. The highest BCUT2D eigenvalue weighted by atomic mass is 16.2. The molecule has 0 radical (unpaired) electrons. The van der Waals surface area contributed by atoms with Gasteiger partial charge < -0.3 is 9.47 Å². The van der Waals surface area contributed by atoms with Gasteiger partial charge >= 0.3 is 0 Å². The van der Waals surface area contributed by atoms with Gasteiger partial charge in [-0.25, -0.2) is 4.98 Å². The fourth-order valence-corrected chi connectivity index (χ4v) is 3.27. The van der Waals surface area contributed by atoms with E-state index < -0.39 is 0 Å². The predicted octanol–water partition coefficient (Wildman–Crippen LogP) is 3.00. The Labute approximate surface area is 125 Å². The summed E-state index contributed by atoms with van der Waals surface area (Å²) < 4.78 is 2.08. The number of amides is 1. The summed E-state index contributed by atoms with van der Waals surface area (Å²) >= 11 is 0. The number of hydrogen-bond acceptors (Lipinski definition) is 2. The highest BCUT2D eigenvalue weighted by Crippen LogP contribution is 2.20. The highest BCUT2D eigenvalue weighted by molar-refractivity contribution is 5.81. The van der Waals surface area contributed by atoms with Crippen LogP contribution in [-0.4, -0.2) is 32.9 Å². The Morgan fingerprint density at radius 2 is 2.14 bits per heavy atom. The number of carbonyl (C=O) groups excluding carboxylic acids is 1. The van der Waals surface area contributed by atoms with Crippen molar-refractivity contribution < 1.29 is 4.79 Å². The van der Waals surface area contributed by atoms with Gasteiger partial charge in [-0.05, 0) is 38.3 Å². The van der Waals surface area contributed by atoms with Crippen molar-refractivity contribution in [1.82, 2.24) is 14.5 Å². The molecule has 2 heterocycles. The minimum Gasteiger partial charge on any atom is -0.338 e. The number of para-hydroxylation sites is 2. The average molecular weight is 285 g/mol. The van der Waals surface area contributed by atoms with Crippen LogP contribution in [-0.2, 0) is 17.8 Å². The van der Waals surface area contributed by atoms with E-state index in [2.05, 4.69) is 29.5 Å². The smallest absolute Gasteiger partial charge is 0.242 e. The molecule has 4 heteroatoms. The first-order valence-electron chi connectivity index (χ1n) is 7.94. The third kappa shape index (κ3) is 2.67. The van der Waals surface area contributed by atoms with Gasteiger partial charge in [-0.15, -0.1) is 0 Å². The topological polar surface area (TPSA) is 38.1 Å². The zero-order valence-corrected chi connectivity index (χ0v) is 12.9. The molecule has 21 heavy (non-hydrogen) atoms. The Balaban J connectivity index is 1.88. The van der Waals surface area contributed by atoms with Crippen molar-refractivity contribution in [3.63, 3.8) is 0 Å². The lowest BCUT2D eigenvalue weighted by Gasteiger charge is -2.33. The maximum Gasteiger partial charge on any atom is 0.242 e. The molecule has 0 bridgehead atoms. The van der Waals surface area contributed by atoms with Crippen LogP contribution in [0.3, 0.4) is 0 Å². The number of imidazole rings is 1. The maximum absolute atomic E-state index is 12.7. The molecule has 1 amide bonds. The summed E-state index contributed by atoms with van der Waals surface area (Å²) in [4.78, 5) is 19.3. The van der Waals surface area contributed by atoms with Crippen LogP contribution >= 0.6 is 0 Å². The van der Waals surface area contributed by atoms with Crippen LogP contribution in [0.25, 0.3) is 11.0 Å². The van der Waals surface area contributed by atoms with E-state index in [9.17, 15) is 4.79 Å². The highest BCUT2D eigenvalue weighted by Gasteiger charge is 2.24. The first-order chi connectivity index (χ1) is 10.2. The molecule has 0 saturated carbocycles. The molecule has 1 unspecified atom stereocenters. The minimum absolute atomic E-state index is 0.222. The molecule has 2 aromatic rings. The second kappa shape index (κ2) is 5.88. The van der Waals surface area contributed by atoms with Crippen molar-refractivity contribution in [3.05, 3.63) is 30.1 Å². The van der Waals surface area contributed by atoms with E-state index >= 15 is 0 Å². The largest absolute Gasteiger partial charge is 0.338 e. The van der Waals surface area contributed by atoms with E-state index in [-0.39, 0.29) is 5.91 Å². The van der Waals surface area contributed by atoms with Crippen LogP contribution < -0.4 is 0 Å². The van der Waals surface area contributed by atoms with Crippen LogP contribution in [0.5, 0.6) is 0 Å². The number of likely N-dealkylation sites (tertiary alicyclic amines) is 1. The van der Waals surface area contributed by atoms with E-state index in [1.807, 2.05) is 23.1 Å². The molecular weight excluding hydrogens is 262 g/mol. The fraction of sp³-hybridized carbons (Fsp3) is 0.529. The second-order valence-corrected chi connectivity index (χ2v) is 5.89. The number of carbonyl (C=O) groups is 1. The van der Waals surface area contributed by atoms with Crippen molar-refractivity contribution >= 4 is 16.9 Å². The molecule has 1 fully saturated rings. The van der Waals surface area contributed by atoms with Crippen molar-refractivity contribution in [3.8, 4) is 0 Å². The number of benzene rings is 1. The SMILES string of the molecule is CCc1nc2ccccc2n1CC(=O)N1CCCCC1C. The normalized spacial score (nSPS) is 19.1. The number of nitrogens with zero attached hydrogens (tertiary/aromatic N) is 3. The standard InChI is InChI=1S/C17H23N3O/c1-3-16-18-14-9-4-5-10-15(14)20(16)12-17(21)19-11-7-6-8-13(19)2/h4-5,9-10,13H,3,6-8,11-12H2,1-2H3. The molecule has 3 rings (SSSR count). The molecule has 112 valence electrons. The van der Waals surface area contributed by atoms with Gasteiger partial charge in [0, 0.05) is 19.0 Å². The summed E-state index contributed by atoms with van der Waals surface area (Å²) in [5, 5.41) is 0. The quantitative estimate of drug-likeness (QED) is 0.869. The molecule has 0 spiro atoms. The zero-order valence-electron chi connectivity index (χ0n) is 12.9. The van der Waals surface area contributed by atoms with E-state index in [1.165, 1.54) is 6.42 Å². The Morgan fingerprint density at radius 1 is 1.33 bits per heavy atom. The molecular formula is C17H23N3O. The number of aromatic nitrogens is 2. The predicted molar refractivity (Wildman–Crippen MR) is 84.1 cm³/mol. The van der Waals surface area contributed by atoms with E-state index in [0.29, 0.717) is 12.6 Å². The van der Waals surface area contributed by atoms with E-state index in [4.69, 9.17) is 0 Å². The molecule has 0 N–H and O–H groups in total. The average Bonchev–Trinajstić information content (AvgIpc) is 2.86. The van der Waals surface area contributed by atoms with Gasteiger partial charge in [0.25, 0.3) is 0 Å². The van der Waals surface area contributed by atoms with Crippen LogP contribution in [0.4, 0.5) is 0 Å². The first kappa shape index (κ1) is 14.1. The van der Waals surface area contributed by atoms with Crippen molar-refractivity contribution in [2.45, 2.75) is 52.1 Å². The number of hydrogen-bond donors (Lipinski definition) is 0. The molecule has 0 aliphatic carbocycles. The second-order valence-electron chi connectivity index (χ2n) is 5.89. The Morgan fingerprint density at radius 3 is 2.90 bits per heavy atom. The van der Waals surface area contributed by atoms with Crippen LogP contribution in [0.2, 0.25) is 0 Å². The molecule has 4 nitrogen and oxygen atoms in total. The zero-order chi connectivity index (χ0) is 14.8. The molecule has 1 aromatic carbocycles. The molecule has 1 aliphatic rings. The number of piperidine rings is 1. The Kier molecular flexibility index (Phi) is 3.95. The third-order valence-electron chi connectivity index (χ3n) is 4.47. The molecule has 1 saturated heterocycles. The summed E-state index contributed by atoms with van der Waals surface area (Å²) in [6.07, 6.45) is 4.33. The van der Waals surface area contributed by atoms with Gasteiger partial charge in [0.15, 0.2) is 0 Å². The van der Waals surface area contributed by atoms with E-state index in [0.717, 1.165) is 42.7 Å². The summed E-state index contributed by atoms with van der Waals surface area (Å²) in [6, 6.07) is 8.43.